The third-order valence-electron chi connectivity index (χ3n) is 3.79. The SMILES string of the molecule is Cc1nc(-c2ccc(C(F)(F)F)cc2)sc1C(=O)OC(C(=O)NC(N)=O)C(C)C. The lowest BCUT2D eigenvalue weighted by molar-refractivity contribution is -0.137. The predicted octanol–water partition coefficient (Wildman–Crippen LogP) is 3.51. The van der Waals surface area contributed by atoms with Gasteiger partial charge in [-0.2, -0.15) is 13.2 Å². The minimum atomic E-state index is -4.45. The maximum absolute atomic E-state index is 12.7. The lowest BCUT2D eigenvalue weighted by Crippen LogP contribution is -2.45. The molecule has 11 heteroatoms. The van der Waals surface area contributed by atoms with Crippen LogP contribution in [0.25, 0.3) is 10.6 Å². The molecule has 0 spiro atoms. The molecule has 1 unspecified atom stereocenters. The number of carbonyl (C=O) groups is 3. The van der Waals surface area contributed by atoms with E-state index >= 15 is 0 Å². The Morgan fingerprint density at radius 2 is 1.76 bits per heavy atom. The molecule has 7 nitrogen and oxygen atoms in total. The summed E-state index contributed by atoms with van der Waals surface area (Å²) < 4.78 is 43.3. The average Bonchev–Trinajstić information content (AvgIpc) is 2.99. The summed E-state index contributed by atoms with van der Waals surface area (Å²) in [5.74, 6) is -2.14. The topological polar surface area (TPSA) is 111 Å². The van der Waals surface area contributed by atoms with Gasteiger partial charge in [0.15, 0.2) is 6.10 Å². The Bertz CT molecular complexity index is 923. The molecule has 1 atom stereocenters. The number of hydrogen-bond acceptors (Lipinski definition) is 6. The zero-order chi connectivity index (χ0) is 21.9. The van der Waals surface area contributed by atoms with Crippen LogP contribution in [-0.2, 0) is 15.7 Å². The number of nitrogens with zero attached hydrogens (tertiary/aromatic N) is 1. The quantitative estimate of drug-likeness (QED) is 0.707. The number of thiazole rings is 1. The van der Waals surface area contributed by atoms with E-state index in [1.807, 2.05) is 5.32 Å². The van der Waals surface area contributed by atoms with Gasteiger partial charge in [0.25, 0.3) is 5.91 Å². The van der Waals surface area contributed by atoms with Gasteiger partial charge in [-0.05, 0) is 25.0 Å². The van der Waals surface area contributed by atoms with E-state index in [1.165, 1.54) is 19.1 Å². The van der Waals surface area contributed by atoms with E-state index < -0.39 is 41.7 Å². The standard InChI is InChI=1S/C18H18F3N3O4S/c1-8(2)12(14(25)24-17(22)27)28-16(26)13-9(3)23-15(29-13)10-4-6-11(7-5-10)18(19,20)21/h4-8,12H,1-3H3,(H3,22,24,25,27). The van der Waals surface area contributed by atoms with Crippen molar-refractivity contribution < 1.29 is 32.3 Å². The molecule has 3 N–H and O–H groups in total. The number of imide groups is 1. The van der Waals surface area contributed by atoms with Crippen LogP contribution in [0.3, 0.4) is 0 Å². The fraction of sp³-hybridized carbons (Fsp3) is 0.333. The number of aryl methyl sites for hydroxylation is 1. The molecule has 0 aliphatic carbocycles. The molecule has 1 aromatic carbocycles. The Kier molecular flexibility index (Phi) is 6.62. The van der Waals surface area contributed by atoms with Crippen LogP contribution in [0.4, 0.5) is 18.0 Å². The number of benzene rings is 1. The number of nitrogens with two attached hydrogens (primary N) is 1. The number of rotatable bonds is 5. The zero-order valence-electron chi connectivity index (χ0n) is 15.7. The van der Waals surface area contributed by atoms with Crippen molar-refractivity contribution in [2.75, 3.05) is 0 Å². The van der Waals surface area contributed by atoms with Crippen LogP contribution in [0, 0.1) is 12.8 Å². The molecule has 0 saturated carbocycles. The molecule has 0 aliphatic rings. The maximum atomic E-state index is 12.7. The lowest BCUT2D eigenvalue weighted by atomic mass is 10.1. The van der Waals surface area contributed by atoms with Crippen LogP contribution in [0.5, 0.6) is 0 Å². The molecule has 3 amide bonds. The monoisotopic (exact) mass is 429 g/mol. The van der Waals surface area contributed by atoms with Crippen LogP contribution in [-0.4, -0.2) is 29.0 Å². The van der Waals surface area contributed by atoms with E-state index in [9.17, 15) is 27.6 Å². The highest BCUT2D eigenvalue weighted by Crippen LogP contribution is 2.33. The summed E-state index contributed by atoms with van der Waals surface area (Å²) in [6.45, 7) is 4.77. The van der Waals surface area contributed by atoms with Crippen LogP contribution < -0.4 is 11.1 Å². The molecule has 156 valence electrons. The fourth-order valence-electron chi connectivity index (χ4n) is 2.36. The van der Waals surface area contributed by atoms with Crippen molar-refractivity contribution in [1.29, 1.82) is 0 Å². The van der Waals surface area contributed by atoms with E-state index in [1.54, 1.807) is 13.8 Å². The molecular formula is C18H18F3N3O4S. The molecule has 0 saturated heterocycles. The zero-order valence-corrected chi connectivity index (χ0v) is 16.5. The smallest absolute Gasteiger partial charge is 0.416 e. The second-order valence-electron chi connectivity index (χ2n) is 6.43. The van der Waals surface area contributed by atoms with Gasteiger partial charge in [0.1, 0.15) is 9.88 Å². The fourth-order valence-corrected chi connectivity index (χ4v) is 3.32. The molecular weight excluding hydrogens is 411 g/mol. The third-order valence-corrected chi connectivity index (χ3v) is 4.97. The Hall–Kier alpha value is -2.95. The number of aromatic nitrogens is 1. The summed E-state index contributed by atoms with van der Waals surface area (Å²) in [6, 6.07) is 3.29. The number of carbonyl (C=O) groups excluding carboxylic acids is 3. The van der Waals surface area contributed by atoms with Crippen molar-refractivity contribution in [3.63, 3.8) is 0 Å². The summed E-state index contributed by atoms with van der Waals surface area (Å²) in [4.78, 5) is 39.7. The molecule has 0 bridgehead atoms. The van der Waals surface area contributed by atoms with Gasteiger partial charge in [0.2, 0.25) is 0 Å². The van der Waals surface area contributed by atoms with E-state index in [4.69, 9.17) is 10.5 Å². The number of hydrogen-bond donors (Lipinski definition) is 2. The van der Waals surface area contributed by atoms with E-state index in [2.05, 4.69) is 4.98 Å². The van der Waals surface area contributed by atoms with Crippen molar-refractivity contribution in [1.82, 2.24) is 10.3 Å². The van der Waals surface area contributed by atoms with Gasteiger partial charge < -0.3 is 10.5 Å². The summed E-state index contributed by atoms with van der Waals surface area (Å²) in [5, 5.41) is 2.19. The number of primary amides is 1. The second-order valence-corrected chi connectivity index (χ2v) is 7.43. The highest BCUT2D eigenvalue weighted by atomic mass is 32.1. The average molecular weight is 429 g/mol. The molecule has 2 aromatic rings. The highest BCUT2D eigenvalue weighted by molar-refractivity contribution is 7.17. The number of esters is 1. The number of ether oxygens (including phenoxy) is 1. The van der Waals surface area contributed by atoms with Gasteiger partial charge in [-0.3, -0.25) is 10.1 Å². The Morgan fingerprint density at radius 3 is 2.24 bits per heavy atom. The first-order valence-electron chi connectivity index (χ1n) is 8.36. The molecule has 0 aliphatic heterocycles. The number of halogens is 3. The minimum Gasteiger partial charge on any atom is -0.448 e. The summed E-state index contributed by atoms with van der Waals surface area (Å²) in [5.41, 5.74) is 4.81. The highest BCUT2D eigenvalue weighted by Gasteiger charge is 2.31. The first-order valence-corrected chi connectivity index (χ1v) is 9.18. The maximum Gasteiger partial charge on any atom is 0.416 e. The van der Waals surface area contributed by atoms with Gasteiger partial charge in [-0.1, -0.05) is 26.0 Å². The Balaban J connectivity index is 2.23. The Morgan fingerprint density at radius 1 is 1.17 bits per heavy atom. The third kappa shape index (κ3) is 5.53. The summed E-state index contributed by atoms with van der Waals surface area (Å²) >= 11 is 0.923. The second kappa shape index (κ2) is 8.60. The van der Waals surface area contributed by atoms with E-state index in [0.29, 0.717) is 16.3 Å². The number of nitrogens with one attached hydrogen (secondary N) is 1. The molecule has 1 aromatic heterocycles. The van der Waals surface area contributed by atoms with Crippen LogP contribution in [0.2, 0.25) is 0 Å². The predicted molar refractivity (Wildman–Crippen MR) is 99.1 cm³/mol. The van der Waals surface area contributed by atoms with Gasteiger partial charge in [-0.15, -0.1) is 11.3 Å². The van der Waals surface area contributed by atoms with E-state index in [-0.39, 0.29) is 4.88 Å². The van der Waals surface area contributed by atoms with Crippen molar-refractivity contribution in [2.24, 2.45) is 11.7 Å². The largest absolute Gasteiger partial charge is 0.448 e. The van der Waals surface area contributed by atoms with Gasteiger partial charge in [0.05, 0.1) is 11.3 Å². The number of alkyl halides is 3. The van der Waals surface area contributed by atoms with Crippen LogP contribution >= 0.6 is 11.3 Å². The molecule has 1 heterocycles. The number of urea groups is 1. The minimum absolute atomic E-state index is 0.0948. The first kappa shape index (κ1) is 22.3. The Labute approximate surface area is 168 Å². The van der Waals surface area contributed by atoms with Crippen molar-refractivity contribution >= 4 is 29.2 Å². The van der Waals surface area contributed by atoms with Crippen molar-refractivity contribution in [3.8, 4) is 10.6 Å². The molecule has 29 heavy (non-hydrogen) atoms. The number of amides is 3. The van der Waals surface area contributed by atoms with Gasteiger partial charge in [-0.25, -0.2) is 14.6 Å². The molecule has 2 rings (SSSR count). The summed E-state index contributed by atoms with van der Waals surface area (Å²) in [6.07, 6.45) is -5.71. The van der Waals surface area contributed by atoms with Crippen LogP contribution in [0.15, 0.2) is 24.3 Å². The first-order chi connectivity index (χ1) is 13.4. The van der Waals surface area contributed by atoms with Crippen molar-refractivity contribution in [2.45, 2.75) is 33.1 Å². The molecule has 0 fully saturated rings. The lowest BCUT2D eigenvalue weighted by Gasteiger charge is -2.19. The van der Waals surface area contributed by atoms with Gasteiger partial charge in [0, 0.05) is 5.56 Å². The normalized spacial score (nSPS) is 12.5. The van der Waals surface area contributed by atoms with Crippen molar-refractivity contribution in [3.05, 3.63) is 40.4 Å². The molecule has 0 radical (unpaired) electrons. The van der Waals surface area contributed by atoms with Crippen LogP contribution in [0.1, 0.15) is 34.8 Å². The van der Waals surface area contributed by atoms with E-state index in [0.717, 1.165) is 23.5 Å². The summed E-state index contributed by atoms with van der Waals surface area (Å²) in [7, 11) is 0. The van der Waals surface area contributed by atoms with Gasteiger partial charge >= 0.3 is 18.2 Å².